The van der Waals surface area contributed by atoms with Crippen LogP contribution in [-0.4, -0.2) is 5.71 Å². The van der Waals surface area contributed by atoms with E-state index in [4.69, 9.17) is 5.41 Å². The van der Waals surface area contributed by atoms with Gasteiger partial charge < -0.3 is 5.41 Å². The first kappa shape index (κ1) is 10.4. The smallest absolute Gasteiger partial charge is 0.0331 e. The molecule has 0 saturated heterocycles. The van der Waals surface area contributed by atoms with Crippen molar-refractivity contribution in [2.75, 3.05) is 0 Å². The number of aryl methyl sites for hydroxylation is 1. The van der Waals surface area contributed by atoms with Gasteiger partial charge in [-0.05, 0) is 38.2 Å². The van der Waals surface area contributed by atoms with Crippen molar-refractivity contribution in [1.29, 1.82) is 5.41 Å². The maximum atomic E-state index is 8.00. The molecule has 0 radical (unpaired) electrons. The summed E-state index contributed by atoms with van der Waals surface area (Å²) in [5.41, 5.74) is 3.53. The van der Waals surface area contributed by atoms with Gasteiger partial charge in [0.15, 0.2) is 0 Å². The van der Waals surface area contributed by atoms with Gasteiger partial charge in [0.1, 0.15) is 0 Å². The summed E-state index contributed by atoms with van der Waals surface area (Å²) in [5, 5.41) is 8.00. The number of nitrogens with one attached hydrogen (secondary N) is 1. The summed E-state index contributed by atoms with van der Waals surface area (Å²) < 4.78 is 0. The molecule has 0 atom stereocenters. The van der Waals surface area contributed by atoms with E-state index in [9.17, 15) is 0 Å². The maximum Gasteiger partial charge on any atom is 0.0331 e. The molecular weight excluding hydrogens is 182 g/mol. The van der Waals surface area contributed by atoms with Crippen LogP contribution in [0.5, 0.6) is 0 Å². The van der Waals surface area contributed by atoms with Crippen LogP contribution >= 0.6 is 0 Å². The molecule has 1 aliphatic carbocycles. The Hall–Kier alpha value is -1.11. The summed E-state index contributed by atoms with van der Waals surface area (Å²) in [6.45, 7) is 6.35. The van der Waals surface area contributed by atoms with Crippen molar-refractivity contribution in [3.8, 4) is 0 Å². The third-order valence-electron chi connectivity index (χ3n) is 3.68. The lowest BCUT2D eigenvalue weighted by Crippen LogP contribution is -2.45. The van der Waals surface area contributed by atoms with E-state index in [2.05, 4.69) is 38.1 Å². The van der Waals surface area contributed by atoms with Gasteiger partial charge in [-0.25, -0.2) is 0 Å². The lowest BCUT2D eigenvalue weighted by atomic mass is 9.57. The van der Waals surface area contributed by atoms with Crippen LogP contribution < -0.4 is 0 Å². The van der Waals surface area contributed by atoms with Crippen LogP contribution in [-0.2, 0) is 5.41 Å². The summed E-state index contributed by atoms with van der Waals surface area (Å²) in [5.74, 6) is 0.769. The molecule has 15 heavy (non-hydrogen) atoms. The summed E-state index contributed by atoms with van der Waals surface area (Å²) >= 11 is 0. The minimum absolute atomic E-state index is 0.0609. The quantitative estimate of drug-likeness (QED) is 0.705. The van der Waals surface area contributed by atoms with Gasteiger partial charge in [-0.3, -0.25) is 0 Å². The zero-order valence-corrected chi connectivity index (χ0v) is 9.80. The predicted molar refractivity (Wildman–Crippen MR) is 64.7 cm³/mol. The molecule has 1 aromatic carbocycles. The van der Waals surface area contributed by atoms with Gasteiger partial charge in [-0.15, -0.1) is 0 Å². The third kappa shape index (κ3) is 1.60. The first-order valence-electron chi connectivity index (χ1n) is 5.67. The lowest BCUT2D eigenvalue weighted by molar-refractivity contribution is 0.227. The van der Waals surface area contributed by atoms with Crippen LogP contribution in [0.3, 0.4) is 0 Å². The minimum atomic E-state index is 0.0609. The van der Waals surface area contributed by atoms with Crippen LogP contribution in [0.25, 0.3) is 0 Å². The van der Waals surface area contributed by atoms with Gasteiger partial charge in [-0.1, -0.05) is 36.8 Å². The number of hydrogen-bond donors (Lipinski definition) is 1. The van der Waals surface area contributed by atoms with E-state index >= 15 is 0 Å². The highest BCUT2D eigenvalue weighted by Crippen LogP contribution is 2.48. The Kier molecular flexibility index (Phi) is 2.41. The third-order valence-corrected chi connectivity index (χ3v) is 3.68. The average molecular weight is 201 g/mol. The van der Waals surface area contributed by atoms with Gasteiger partial charge in [-0.2, -0.15) is 0 Å². The Balaban J connectivity index is 2.39. The Morgan fingerprint density at radius 2 is 2.07 bits per heavy atom. The van der Waals surface area contributed by atoms with Crippen LogP contribution in [0, 0.1) is 18.3 Å². The molecule has 1 aliphatic rings. The molecule has 0 heterocycles. The van der Waals surface area contributed by atoms with Crippen LogP contribution in [0.4, 0.5) is 0 Å². The molecule has 0 aliphatic heterocycles. The van der Waals surface area contributed by atoms with Crippen molar-refractivity contribution < 1.29 is 0 Å². The van der Waals surface area contributed by atoms with E-state index in [-0.39, 0.29) is 5.41 Å². The molecule has 1 heteroatoms. The van der Waals surface area contributed by atoms with Crippen molar-refractivity contribution in [3.63, 3.8) is 0 Å². The molecule has 1 N–H and O–H groups in total. The van der Waals surface area contributed by atoms with Crippen LogP contribution in [0.15, 0.2) is 24.3 Å². The molecule has 1 nitrogen and oxygen atoms in total. The topological polar surface area (TPSA) is 23.9 Å². The second-order valence-corrected chi connectivity index (χ2v) is 5.09. The van der Waals surface area contributed by atoms with E-state index in [0.29, 0.717) is 0 Å². The summed E-state index contributed by atoms with van der Waals surface area (Å²) in [7, 11) is 0. The second kappa shape index (κ2) is 3.48. The SMILES string of the molecule is CC(=N)C1(c2cccc(C)c2)CC(C)C1. The molecule has 1 fully saturated rings. The largest absolute Gasteiger partial charge is 0.309 e. The van der Waals surface area contributed by atoms with Crippen molar-refractivity contribution in [2.24, 2.45) is 5.92 Å². The van der Waals surface area contributed by atoms with E-state index < -0.39 is 0 Å². The molecule has 80 valence electrons. The van der Waals surface area contributed by atoms with E-state index in [0.717, 1.165) is 24.5 Å². The van der Waals surface area contributed by atoms with Crippen molar-refractivity contribution >= 4 is 5.71 Å². The van der Waals surface area contributed by atoms with Crippen molar-refractivity contribution in [3.05, 3.63) is 35.4 Å². The molecule has 0 unspecified atom stereocenters. The molecule has 1 saturated carbocycles. The monoisotopic (exact) mass is 201 g/mol. The first-order valence-corrected chi connectivity index (χ1v) is 5.67. The van der Waals surface area contributed by atoms with Crippen LogP contribution in [0.1, 0.15) is 37.8 Å². The van der Waals surface area contributed by atoms with Gasteiger partial charge in [0.2, 0.25) is 0 Å². The first-order chi connectivity index (χ1) is 7.04. The Morgan fingerprint density at radius 3 is 2.53 bits per heavy atom. The zero-order chi connectivity index (χ0) is 11.1. The molecule has 0 amide bonds. The molecule has 0 bridgehead atoms. The van der Waals surface area contributed by atoms with Gasteiger partial charge >= 0.3 is 0 Å². The molecular formula is C14H19N. The predicted octanol–water partition coefficient (Wildman–Crippen LogP) is 3.70. The van der Waals surface area contributed by atoms with E-state index in [1.54, 1.807) is 0 Å². The fraction of sp³-hybridized carbons (Fsp3) is 0.500. The Morgan fingerprint density at radius 1 is 1.40 bits per heavy atom. The molecule has 0 aromatic heterocycles. The molecule has 0 spiro atoms. The number of hydrogen-bond acceptors (Lipinski definition) is 1. The van der Waals surface area contributed by atoms with Crippen molar-refractivity contribution in [1.82, 2.24) is 0 Å². The lowest BCUT2D eigenvalue weighted by Gasteiger charge is -2.47. The Labute approximate surface area is 92.0 Å². The molecule has 2 rings (SSSR count). The second-order valence-electron chi connectivity index (χ2n) is 5.09. The zero-order valence-electron chi connectivity index (χ0n) is 9.80. The summed E-state index contributed by atoms with van der Waals surface area (Å²) in [6.07, 6.45) is 2.29. The van der Waals surface area contributed by atoms with Gasteiger partial charge in [0.25, 0.3) is 0 Å². The van der Waals surface area contributed by atoms with Crippen LogP contribution in [0.2, 0.25) is 0 Å². The van der Waals surface area contributed by atoms with E-state index in [1.807, 2.05) is 6.92 Å². The van der Waals surface area contributed by atoms with Gasteiger partial charge in [0.05, 0.1) is 0 Å². The summed E-state index contributed by atoms with van der Waals surface area (Å²) in [4.78, 5) is 0. The van der Waals surface area contributed by atoms with Crippen molar-refractivity contribution in [2.45, 2.75) is 39.0 Å². The highest BCUT2D eigenvalue weighted by molar-refractivity contribution is 5.91. The molecule has 1 aromatic rings. The highest BCUT2D eigenvalue weighted by atomic mass is 14.6. The standard InChI is InChI=1S/C14H19N/c1-10-5-4-6-13(7-10)14(12(3)15)8-11(2)9-14/h4-7,11,15H,8-9H2,1-3H3. The van der Waals surface area contributed by atoms with Gasteiger partial charge in [0, 0.05) is 11.1 Å². The fourth-order valence-electron chi connectivity index (χ4n) is 2.83. The highest BCUT2D eigenvalue weighted by Gasteiger charge is 2.45. The fourth-order valence-corrected chi connectivity index (χ4v) is 2.83. The van der Waals surface area contributed by atoms with E-state index in [1.165, 1.54) is 11.1 Å². The maximum absolute atomic E-state index is 8.00. The Bertz CT molecular complexity index is 386. The minimum Gasteiger partial charge on any atom is -0.309 e. The normalized spacial score (nSPS) is 29.7. The number of rotatable bonds is 2. The number of benzene rings is 1. The average Bonchev–Trinajstić information content (AvgIpc) is 2.12. The summed E-state index contributed by atoms with van der Waals surface area (Å²) in [6, 6.07) is 8.65.